The predicted octanol–water partition coefficient (Wildman–Crippen LogP) is 1.24. The van der Waals surface area contributed by atoms with Crippen LogP contribution in [0.3, 0.4) is 0 Å². The van der Waals surface area contributed by atoms with Crippen LogP contribution in [-0.4, -0.2) is 44.0 Å². The fraction of sp³-hybridized carbons (Fsp3) is 0.643. The van der Waals surface area contributed by atoms with E-state index >= 15 is 0 Å². The van der Waals surface area contributed by atoms with Crippen molar-refractivity contribution >= 4 is 5.69 Å². The van der Waals surface area contributed by atoms with E-state index in [1.54, 1.807) is 17.1 Å². The molecule has 0 aliphatic carbocycles. The Hall–Kier alpha value is -1.89. The maximum atomic E-state index is 5.65. The Kier molecular flexibility index (Phi) is 2.95. The van der Waals surface area contributed by atoms with Crippen LogP contribution < -0.4 is 5.73 Å². The molecule has 2 bridgehead atoms. The van der Waals surface area contributed by atoms with Crippen LogP contribution in [0.5, 0.6) is 0 Å². The number of nitrogen functional groups attached to an aromatic ring is 1. The van der Waals surface area contributed by atoms with Crippen LogP contribution in [-0.2, 0) is 6.54 Å². The van der Waals surface area contributed by atoms with Gasteiger partial charge in [-0.15, -0.1) is 0 Å². The Bertz CT molecular complexity index is 621. The first-order valence-corrected chi connectivity index (χ1v) is 7.51. The lowest BCUT2D eigenvalue weighted by Gasteiger charge is -2.34. The lowest BCUT2D eigenvalue weighted by Crippen LogP contribution is -2.39. The van der Waals surface area contributed by atoms with Gasteiger partial charge < -0.3 is 15.2 Å². The summed E-state index contributed by atoms with van der Waals surface area (Å²) >= 11 is 0. The summed E-state index contributed by atoms with van der Waals surface area (Å²) in [6, 6.07) is 1.36. The van der Waals surface area contributed by atoms with Crippen LogP contribution in [0, 0.1) is 0 Å². The van der Waals surface area contributed by atoms with Gasteiger partial charge in [-0.05, 0) is 32.7 Å². The van der Waals surface area contributed by atoms with Gasteiger partial charge in [0.15, 0.2) is 5.82 Å². The first-order chi connectivity index (χ1) is 10.2. The van der Waals surface area contributed by atoms with E-state index in [0.717, 1.165) is 18.7 Å². The molecule has 2 atom stereocenters. The number of nitrogens with zero attached hydrogens (tertiary/aromatic N) is 5. The number of fused-ring (bicyclic) bond motifs is 2. The second-order valence-electron chi connectivity index (χ2n) is 6.24. The molecule has 0 amide bonds. The molecule has 4 rings (SSSR count). The number of aromatic nitrogens is 4. The van der Waals surface area contributed by atoms with E-state index in [2.05, 4.69) is 27.2 Å². The van der Waals surface area contributed by atoms with Crippen LogP contribution in [0.2, 0.25) is 0 Å². The van der Waals surface area contributed by atoms with Crippen molar-refractivity contribution in [3.8, 4) is 0 Å². The molecule has 0 radical (unpaired) electrons. The molecule has 4 heterocycles. The SMILES string of the molecule is CN1C2CCC1CC(c1noc(Cn3cc(N)cn3)n1)C2. The molecular formula is C14H20N6O. The normalized spacial score (nSPS) is 29.1. The molecule has 21 heavy (non-hydrogen) atoms. The van der Waals surface area contributed by atoms with Gasteiger partial charge in [0.05, 0.1) is 11.9 Å². The van der Waals surface area contributed by atoms with E-state index in [-0.39, 0.29) is 0 Å². The monoisotopic (exact) mass is 288 g/mol. The minimum atomic E-state index is 0.430. The summed E-state index contributed by atoms with van der Waals surface area (Å²) in [5.41, 5.74) is 6.29. The van der Waals surface area contributed by atoms with Crippen molar-refractivity contribution in [2.45, 2.75) is 50.2 Å². The summed E-state index contributed by atoms with van der Waals surface area (Å²) in [5.74, 6) is 1.88. The van der Waals surface area contributed by atoms with E-state index in [4.69, 9.17) is 10.3 Å². The summed E-state index contributed by atoms with van der Waals surface area (Å²) in [4.78, 5) is 7.08. The number of rotatable bonds is 3. The van der Waals surface area contributed by atoms with Gasteiger partial charge in [0.25, 0.3) is 0 Å². The first kappa shape index (κ1) is 12.8. The molecule has 2 unspecified atom stereocenters. The van der Waals surface area contributed by atoms with E-state index in [1.165, 1.54) is 12.8 Å². The Balaban J connectivity index is 1.47. The van der Waals surface area contributed by atoms with Gasteiger partial charge in [0.1, 0.15) is 6.54 Å². The minimum absolute atomic E-state index is 0.430. The summed E-state index contributed by atoms with van der Waals surface area (Å²) < 4.78 is 7.09. The molecule has 7 nitrogen and oxygen atoms in total. The van der Waals surface area contributed by atoms with Gasteiger partial charge in [-0.1, -0.05) is 5.16 Å². The third-order valence-corrected chi connectivity index (χ3v) is 4.90. The second-order valence-corrected chi connectivity index (χ2v) is 6.24. The van der Waals surface area contributed by atoms with Gasteiger partial charge in [-0.25, -0.2) is 0 Å². The topological polar surface area (TPSA) is 86.0 Å². The number of anilines is 1. The zero-order valence-corrected chi connectivity index (χ0v) is 12.1. The van der Waals surface area contributed by atoms with Crippen molar-refractivity contribution in [1.29, 1.82) is 0 Å². The average Bonchev–Trinajstić information content (AvgIpc) is 3.12. The molecule has 2 aromatic heterocycles. The maximum absolute atomic E-state index is 5.65. The number of nitrogens with two attached hydrogens (primary N) is 1. The van der Waals surface area contributed by atoms with Gasteiger partial charge in [-0.2, -0.15) is 10.1 Å². The third-order valence-electron chi connectivity index (χ3n) is 4.90. The molecule has 2 aliphatic rings. The molecular weight excluding hydrogens is 268 g/mol. The molecule has 0 spiro atoms. The van der Waals surface area contributed by atoms with Gasteiger partial charge in [0, 0.05) is 24.2 Å². The molecule has 2 fully saturated rings. The van der Waals surface area contributed by atoms with Gasteiger partial charge in [0.2, 0.25) is 5.89 Å². The van der Waals surface area contributed by atoms with E-state index < -0.39 is 0 Å². The molecule has 0 aromatic carbocycles. The zero-order chi connectivity index (χ0) is 14.4. The summed E-state index contributed by atoms with van der Waals surface area (Å²) in [7, 11) is 2.24. The standard InChI is InChI=1S/C14H20N6O/c1-19-11-2-3-12(19)5-9(4-11)14-17-13(21-18-14)8-20-7-10(15)6-16-20/h6-7,9,11-12H,2-5,8,15H2,1H3. The highest BCUT2D eigenvalue weighted by atomic mass is 16.5. The summed E-state index contributed by atoms with van der Waals surface area (Å²) in [5, 5.41) is 8.32. The highest BCUT2D eigenvalue weighted by molar-refractivity contribution is 5.30. The molecule has 2 aromatic rings. The highest BCUT2D eigenvalue weighted by Gasteiger charge is 2.40. The molecule has 2 saturated heterocycles. The minimum Gasteiger partial charge on any atom is -0.396 e. The predicted molar refractivity (Wildman–Crippen MR) is 76.6 cm³/mol. The largest absolute Gasteiger partial charge is 0.396 e. The Morgan fingerprint density at radius 2 is 2.10 bits per heavy atom. The van der Waals surface area contributed by atoms with Crippen molar-refractivity contribution in [2.75, 3.05) is 12.8 Å². The van der Waals surface area contributed by atoms with Crippen molar-refractivity contribution in [3.63, 3.8) is 0 Å². The van der Waals surface area contributed by atoms with Crippen molar-refractivity contribution in [1.82, 2.24) is 24.8 Å². The molecule has 2 aliphatic heterocycles. The molecule has 7 heteroatoms. The number of piperidine rings is 1. The van der Waals surface area contributed by atoms with Crippen molar-refractivity contribution in [3.05, 3.63) is 24.1 Å². The highest BCUT2D eigenvalue weighted by Crippen LogP contribution is 2.41. The van der Waals surface area contributed by atoms with Crippen LogP contribution in [0.1, 0.15) is 43.3 Å². The Labute approximate surface area is 123 Å². The van der Waals surface area contributed by atoms with Gasteiger partial charge in [-0.3, -0.25) is 4.68 Å². The van der Waals surface area contributed by atoms with E-state index in [9.17, 15) is 0 Å². The fourth-order valence-corrected chi connectivity index (χ4v) is 3.73. The lowest BCUT2D eigenvalue weighted by molar-refractivity contribution is 0.157. The third kappa shape index (κ3) is 2.31. The van der Waals surface area contributed by atoms with Crippen LogP contribution in [0.25, 0.3) is 0 Å². The number of hydrogen-bond donors (Lipinski definition) is 1. The summed E-state index contributed by atoms with van der Waals surface area (Å²) in [6.07, 6.45) is 8.26. The summed E-state index contributed by atoms with van der Waals surface area (Å²) in [6.45, 7) is 0.476. The fourth-order valence-electron chi connectivity index (χ4n) is 3.73. The Morgan fingerprint density at radius 1 is 1.33 bits per heavy atom. The zero-order valence-electron chi connectivity index (χ0n) is 12.1. The van der Waals surface area contributed by atoms with Crippen LogP contribution in [0.4, 0.5) is 5.69 Å². The van der Waals surface area contributed by atoms with Gasteiger partial charge >= 0.3 is 0 Å². The molecule has 112 valence electrons. The van der Waals surface area contributed by atoms with E-state index in [1.807, 2.05) is 0 Å². The van der Waals surface area contributed by atoms with Crippen molar-refractivity contribution in [2.24, 2.45) is 0 Å². The van der Waals surface area contributed by atoms with Crippen molar-refractivity contribution < 1.29 is 4.52 Å². The second kappa shape index (κ2) is 4.84. The molecule has 0 saturated carbocycles. The first-order valence-electron chi connectivity index (χ1n) is 7.51. The van der Waals surface area contributed by atoms with Crippen LogP contribution >= 0.6 is 0 Å². The number of hydrogen-bond acceptors (Lipinski definition) is 6. The quantitative estimate of drug-likeness (QED) is 0.914. The van der Waals surface area contributed by atoms with Crippen LogP contribution in [0.15, 0.2) is 16.9 Å². The molecule has 2 N–H and O–H groups in total. The lowest BCUT2D eigenvalue weighted by atomic mass is 9.90. The average molecular weight is 288 g/mol. The maximum Gasteiger partial charge on any atom is 0.248 e. The smallest absolute Gasteiger partial charge is 0.248 e. The Morgan fingerprint density at radius 3 is 2.76 bits per heavy atom. The van der Waals surface area contributed by atoms with E-state index in [0.29, 0.717) is 36.1 Å².